The Labute approximate surface area is 166 Å². The van der Waals surface area contributed by atoms with Crippen LogP contribution in [0.2, 0.25) is 5.02 Å². The number of aliphatic hydroxyl groups is 2. The fraction of sp³-hybridized carbons (Fsp3) is 0.250. The van der Waals surface area contributed by atoms with Gasteiger partial charge in [-0.05, 0) is 40.5 Å². The number of nitrogens with zero attached hydrogens (tertiary/aromatic N) is 1. The first kappa shape index (κ1) is 21.5. The fourth-order valence-corrected chi connectivity index (χ4v) is 2.71. The lowest BCUT2D eigenvalue weighted by Crippen LogP contribution is -2.30. The molecule has 1 heterocycles. The van der Waals surface area contributed by atoms with E-state index in [-0.39, 0.29) is 11.4 Å². The van der Waals surface area contributed by atoms with Gasteiger partial charge in [-0.3, -0.25) is 9.63 Å². The zero-order chi connectivity index (χ0) is 20.1. The number of amides is 1. The van der Waals surface area contributed by atoms with Crippen molar-refractivity contribution >= 4 is 44.9 Å². The van der Waals surface area contributed by atoms with Crippen molar-refractivity contribution in [1.82, 2.24) is 10.5 Å². The summed E-state index contributed by atoms with van der Waals surface area (Å²) in [4.78, 5) is 21.1. The number of pyridine rings is 1. The van der Waals surface area contributed by atoms with Crippen molar-refractivity contribution in [3.05, 3.63) is 50.6 Å². The largest absolute Gasteiger partial charge is 0.394 e. The van der Waals surface area contributed by atoms with Crippen LogP contribution in [0.5, 0.6) is 0 Å². The molecule has 1 amide bonds. The van der Waals surface area contributed by atoms with Gasteiger partial charge in [0.25, 0.3) is 5.91 Å². The van der Waals surface area contributed by atoms with Crippen LogP contribution in [0.4, 0.5) is 20.3 Å². The molecule has 1 aromatic carbocycles. The van der Waals surface area contributed by atoms with Crippen LogP contribution < -0.4 is 10.8 Å². The Bertz CT molecular complexity index is 857. The molecule has 0 saturated heterocycles. The smallest absolute Gasteiger partial charge is 0.277 e. The lowest BCUT2D eigenvalue weighted by Gasteiger charge is -2.15. The number of benzene rings is 1. The predicted molar refractivity (Wildman–Crippen MR) is 97.8 cm³/mol. The Morgan fingerprint density at radius 3 is 2.74 bits per heavy atom. The van der Waals surface area contributed by atoms with Crippen LogP contribution in [-0.2, 0) is 4.84 Å². The Morgan fingerprint density at radius 2 is 2.11 bits per heavy atom. The SMILES string of the molecule is Cc1cnc(Nc2c(C(=O)NOCC(O)CO)cc(Cl)c(F)c2F)c(Br)c1. The van der Waals surface area contributed by atoms with Gasteiger partial charge in [0.1, 0.15) is 18.5 Å². The second-order valence-corrected chi connectivity index (χ2v) is 6.72. The average Bonchev–Trinajstić information content (AvgIpc) is 2.63. The van der Waals surface area contributed by atoms with E-state index in [1.54, 1.807) is 13.0 Å². The van der Waals surface area contributed by atoms with Gasteiger partial charge in [0.15, 0.2) is 11.6 Å². The van der Waals surface area contributed by atoms with E-state index in [1.807, 2.05) is 5.48 Å². The maximum Gasteiger partial charge on any atom is 0.277 e. The molecule has 0 spiro atoms. The Hall–Kier alpha value is -1.85. The molecule has 1 unspecified atom stereocenters. The van der Waals surface area contributed by atoms with Gasteiger partial charge in [-0.2, -0.15) is 0 Å². The Balaban J connectivity index is 2.34. The van der Waals surface area contributed by atoms with Gasteiger partial charge in [0, 0.05) is 6.20 Å². The summed E-state index contributed by atoms with van der Waals surface area (Å²) in [6, 6.07) is 2.62. The van der Waals surface area contributed by atoms with Gasteiger partial charge in [0.2, 0.25) is 0 Å². The second kappa shape index (κ2) is 9.38. The van der Waals surface area contributed by atoms with E-state index in [0.717, 1.165) is 11.6 Å². The van der Waals surface area contributed by atoms with Crippen molar-refractivity contribution in [3.63, 3.8) is 0 Å². The standard InChI is InChI=1S/C16H15BrClF2N3O4/c1-7-2-10(17)15(21-4-7)22-14-9(3-11(18)12(19)13(14)20)16(26)23-27-6-8(25)5-24/h2-4,8,24-25H,5-6H2,1H3,(H,21,22)(H,23,26). The highest BCUT2D eigenvalue weighted by atomic mass is 79.9. The zero-order valence-electron chi connectivity index (χ0n) is 13.9. The number of aryl methyl sites for hydroxylation is 1. The number of hydroxylamine groups is 1. The molecule has 0 aliphatic carbocycles. The second-order valence-electron chi connectivity index (χ2n) is 5.46. The summed E-state index contributed by atoms with van der Waals surface area (Å²) in [6.07, 6.45) is 0.278. The summed E-state index contributed by atoms with van der Waals surface area (Å²) in [6.45, 7) is 0.807. The number of anilines is 2. The number of nitrogens with one attached hydrogen (secondary N) is 2. The van der Waals surface area contributed by atoms with Crippen molar-refractivity contribution in [2.45, 2.75) is 13.0 Å². The highest BCUT2D eigenvalue weighted by Gasteiger charge is 2.23. The number of hydrogen-bond donors (Lipinski definition) is 4. The summed E-state index contributed by atoms with van der Waals surface area (Å²) in [5.74, 6) is -3.52. The Morgan fingerprint density at radius 1 is 1.41 bits per heavy atom. The minimum Gasteiger partial charge on any atom is -0.394 e. The molecule has 1 atom stereocenters. The third-order valence-electron chi connectivity index (χ3n) is 3.28. The van der Waals surface area contributed by atoms with E-state index in [2.05, 4.69) is 26.2 Å². The normalized spacial score (nSPS) is 12.0. The number of aromatic nitrogens is 1. The first-order valence-electron chi connectivity index (χ1n) is 7.52. The number of carbonyl (C=O) groups is 1. The maximum atomic E-state index is 14.4. The quantitative estimate of drug-likeness (QED) is 0.370. The fourth-order valence-electron chi connectivity index (χ4n) is 1.95. The molecule has 11 heteroatoms. The van der Waals surface area contributed by atoms with Crippen LogP contribution in [0.15, 0.2) is 22.8 Å². The molecule has 2 aromatic rings. The molecule has 0 bridgehead atoms. The highest BCUT2D eigenvalue weighted by molar-refractivity contribution is 9.10. The maximum absolute atomic E-state index is 14.4. The summed E-state index contributed by atoms with van der Waals surface area (Å²) in [5, 5.41) is 19.8. The third kappa shape index (κ3) is 5.33. The Kier molecular flexibility index (Phi) is 7.45. The zero-order valence-corrected chi connectivity index (χ0v) is 16.2. The summed E-state index contributed by atoms with van der Waals surface area (Å²) >= 11 is 8.88. The number of rotatable bonds is 7. The molecule has 4 N–H and O–H groups in total. The lowest BCUT2D eigenvalue weighted by molar-refractivity contribution is -0.0295. The first-order valence-corrected chi connectivity index (χ1v) is 8.69. The van der Waals surface area contributed by atoms with E-state index < -0.39 is 47.6 Å². The number of halogens is 4. The predicted octanol–water partition coefficient (Wildman–Crippen LogP) is 2.84. The molecule has 1 aromatic heterocycles. The van der Waals surface area contributed by atoms with Crippen LogP contribution in [0.25, 0.3) is 0 Å². The first-order chi connectivity index (χ1) is 12.7. The van der Waals surface area contributed by atoms with Crippen LogP contribution in [0.3, 0.4) is 0 Å². The van der Waals surface area contributed by atoms with Gasteiger partial charge in [-0.15, -0.1) is 0 Å². The molecule has 7 nitrogen and oxygen atoms in total. The molecule has 27 heavy (non-hydrogen) atoms. The van der Waals surface area contributed by atoms with Gasteiger partial charge >= 0.3 is 0 Å². The molecule has 0 fully saturated rings. The van der Waals surface area contributed by atoms with Gasteiger partial charge < -0.3 is 15.5 Å². The molecule has 146 valence electrons. The summed E-state index contributed by atoms with van der Waals surface area (Å²) < 4.78 is 28.8. The number of aliphatic hydroxyl groups excluding tert-OH is 2. The van der Waals surface area contributed by atoms with Gasteiger partial charge in [-0.25, -0.2) is 19.2 Å². The van der Waals surface area contributed by atoms with Crippen LogP contribution in [0.1, 0.15) is 15.9 Å². The van der Waals surface area contributed by atoms with E-state index in [1.165, 1.54) is 6.20 Å². The van der Waals surface area contributed by atoms with Crippen LogP contribution in [0, 0.1) is 18.6 Å². The van der Waals surface area contributed by atoms with E-state index in [9.17, 15) is 18.7 Å². The third-order valence-corrected chi connectivity index (χ3v) is 4.16. The molecular weight excluding hydrogens is 452 g/mol. The molecule has 0 radical (unpaired) electrons. The molecule has 2 rings (SSSR count). The van der Waals surface area contributed by atoms with Crippen molar-refractivity contribution in [3.8, 4) is 0 Å². The van der Waals surface area contributed by atoms with Crippen molar-refractivity contribution in [1.29, 1.82) is 0 Å². The topological polar surface area (TPSA) is 104 Å². The lowest BCUT2D eigenvalue weighted by atomic mass is 10.1. The minimum atomic E-state index is -1.38. The van der Waals surface area contributed by atoms with Crippen molar-refractivity contribution in [2.75, 3.05) is 18.5 Å². The molecule has 0 aliphatic rings. The minimum absolute atomic E-state index is 0.145. The molecular formula is C16H15BrClF2N3O4. The van der Waals surface area contributed by atoms with E-state index in [0.29, 0.717) is 4.47 Å². The summed E-state index contributed by atoms with van der Waals surface area (Å²) in [5.41, 5.74) is 1.92. The molecule has 0 saturated carbocycles. The number of hydrogen-bond acceptors (Lipinski definition) is 6. The van der Waals surface area contributed by atoms with Crippen LogP contribution >= 0.6 is 27.5 Å². The van der Waals surface area contributed by atoms with Crippen LogP contribution in [-0.4, -0.2) is 40.4 Å². The van der Waals surface area contributed by atoms with E-state index in [4.69, 9.17) is 21.5 Å². The van der Waals surface area contributed by atoms with Crippen molar-refractivity contribution < 1.29 is 28.6 Å². The van der Waals surface area contributed by atoms with Gasteiger partial charge in [-0.1, -0.05) is 11.6 Å². The average molecular weight is 467 g/mol. The summed E-state index contributed by atoms with van der Waals surface area (Å²) in [7, 11) is 0. The monoisotopic (exact) mass is 465 g/mol. The van der Waals surface area contributed by atoms with E-state index >= 15 is 0 Å². The van der Waals surface area contributed by atoms with Crippen molar-refractivity contribution in [2.24, 2.45) is 0 Å². The molecule has 0 aliphatic heterocycles. The van der Waals surface area contributed by atoms with Gasteiger partial charge in [0.05, 0.1) is 27.4 Å². The highest BCUT2D eigenvalue weighted by Crippen LogP contribution is 2.32. The number of carbonyl (C=O) groups excluding carboxylic acids is 1.